The third-order valence-electron chi connectivity index (χ3n) is 2.51. The Morgan fingerprint density at radius 2 is 2.11 bits per heavy atom. The van der Waals surface area contributed by atoms with Crippen molar-refractivity contribution in [2.75, 3.05) is 19.8 Å². The molecule has 0 atom stereocenters. The van der Waals surface area contributed by atoms with Crippen molar-refractivity contribution in [3.63, 3.8) is 0 Å². The van der Waals surface area contributed by atoms with Crippen LogP contribution in [0.25, 0.3) is 0 Å². The highest BCUT2D eigenvalue weighted by atomic mass is 16.5. The van der Waals surface area contributed by atoms with Crippen LogP contribution in [0.2, 0.25) is 0 Å². The highest BCUT2D eigenvalue weighted by molar-refractivity contribution is 5.95. The molecule has 18 heavy (non-hydrogen) atoms. The summed E-state index contributed by atoms with van der Waals surface area (Å²) in [6.07, 6.45) is 0. The van der Waals surface area contributed by atoms with Crippen molar-refractivity contribution in [3.8, 4) is 5.75 Å². The van der Waals surface area contributed by atoms with Crippen molar-refractivity contribution in [2.45, 2.75) is 6.04 Å². The van der Waals surface area contributed by atoms with Gasteiger partial charge in [0, 0.05) is 0 Å². The molecule has 1 heterocycles. The molecule has 2 rings (SSSR count). The van der Waals surface area contributed by atoms with E-state index in [1.54, 1.807) is 24.3 Å². The number of amides is 2. The summed E-state index contributed by atoms with van der Waals surface area (Å²) < 4.78 is 10.2. The Kier molecular flexibility index (Phi) is 3.78. The Morgan fingerprint density at radius 1 is 1.39 bits per heavy atom. The molecule has 0 bridgehead atoms. The minimum absolute atomic E-state index is 0.0625. The molecule has 96 valence electrons. The van der Waals surface area contributed by atoms with Crippen LogP contribution in [0.3, 0.4) is 0 Å². The molecule has 3 N–H and O–H groups in total. The maximum Gasteiger partial charge on any atom is 0.258 e. The first-order valence-electron chi connectivity index (χ1n) is 5.55. The lowest BCUT2D eigenvalue weighted by Gasteiger charge is -2.26. The SMILES string of the molecule is NC(=O)c1ccccc1OCC(=O)NC1COC1. The molecule has 1 saturated heterocycles. The number of para-hydroxylation sites is 1. The number of nitrogens with two attached hydrogens (primary N) is 1. The van der Waals surface area contributed by atoms with E-state index in [9.17, 15) is 9.59 Å². The van der Waals surface area contributed by atoms with Crippen LogP contribution in [0.1, 0.15) is 10.4 Å². The van der Waals surface area contributed by atoms with E-state index in [0.29, 0.717) is 19.0 Å². The first-order valence-corrected chi connectivity index (χ1v) is 5.55. The summed E-state index contributed by atoms with van der Waals surface area (Å²) in [5, 5.41) is 2.73. The Balaban J connectivity index is 1.89. The molecule has 1 aliphatic rings. The van der Waals surface area contributed by atoms with Crippen LogP contribution < -0.4 is 15.8 Å². The molecule has 0 radical (unpaired) electrons. The topological polar surface area (TPSA) is 90.7 Å². The van der Waals surface area contributed by atoms with E-state index in [1.807, 2.05) is 0 Å². The number of hydrogen-bond acceptors (Lipinski definition) is 4. The lowest BCUT2D eigenvalue weighted by Crippen LogP contribution is -2.49. The lowest BCUT2D eigenvalue weighted by molar-refractivity contribution is -0.127. The van der Waals surface area contributed by atoms with E-state index in [-0.39, 0.29) is 24.1 Å². The minimum atomic E-state index is -0.585. The fourth-order valence-corrected chi connectivity index (χ4v) is 1.53. The van der Waals surface area contributed by atoms with Crippen LogP contribution in [-0.4, -0.2) is 37.7 Å². The van der Waals surface area contributed by atoms with Gasteiger partial charge in [0.1, 0.15) is 5.75 Å². The second-order valence-corrected chi connectivity index (χ2v) is 3.95. The van der Waals surface area contributed by atoms with Crippen molar-refractivity contribution in [2.24, 2.45) is 5.73 Å². The highest BCUT2D eigenvalue weighted by Crippen LogP contribution is 2.16. The number of carbonyl (C=O) groups excluding carboxylic acids is 2. The van der Waals surface area contributed by atoms with Crippen LogP contribution >= 0.6 is 0 Å². The number of nitrogens with one attached hydrogen (secondary N) is 1. The molecule has 0 aromatic heterocycles. The van der Waals surface area contributed by atoms with Crippen LogP contribution in [-0.2, 0) is 9.53 Å². The molecule has 1 aromatic rings. The second-order valence-electron chi connectivity index (χ2n) is 3.95. The highest BCUT2D eigenvalue weighted by Gasteiger charge is 2.20. The number of carbonyl (C=O) groups is 2. The average molecular weight is 250 g/mol. The number of hydrogen-bond donors (Lipinski definition) is 2. The van der Waals surface area contributed by atoms with E-state index in [2.05, 4.69) is 5.32 Å². The standard InChI is InChI=1S/C12H14N2O4/c13-12(16)9-3-1-2-4-10(9)18-7-11(15)14-8-5-17-6-8/h1-4,8H,5-7H2,(H2,13,16)(H,14,15). The van der Waals surface area contributed by atoms with Gasteiger partial charge in [0.2, 0.25) is 0 Å². The lowest BCUT2D eigenvalue weighted by atomic mass is 10.2. The quantitative estimate of drug-likeness (QED) is 0.749. The van der Waals surface area contributed by atoms with Crippen molar-refractivity contribution in [3.05, 3.63) is 29.8 Å². The van der Waals surface area contributed by atoms with Crippen LogP contribution in [0.4, 0.5) is 0 Å². The second kappa shape index (κ2) is 5.50. The summed E-state index contributed by atoms with van der Waals surface area (Å²) in [5.41, 5.74) is 5.46. The maximum atomic E-state index is 11.5. The smallest absolute Gasteiger partial charge is 0.258 e. The first-order chi connectivity index (χ1) is 8.66. The van der Waals surface area contributed by atoms with Crippen molar-refractivity contribution < 1.29 is 19.1 Å². The van der Waals surface area contributed by atoms with Gasteiger partial charge in [-0.05, 0) is 12.1 Å². The first kappa shape index (κ1) is 12.4. The summed E-state index contributed by atoms with van der Waals surface area (Å²) in [5.74, 6) is -0.522. The number of benzene rings is 1. The number of rotatable bonds is 5. The molecule has 0 saturated carbocycles. The Labute approximate surface area is 104 Å². The summed E-state index contributed by atoms with van der Waals surface area (Å²) >= 11 is 0. The van der Waals surface area contributed by atoms with Gasteiger partial charge in [0.15, 0.2) is 6.61 Å². The van der Waals surface area contributed by atoms with Gasteiger partial charge < -0.3 is 20.5 Å². The monoisotopic (exact) mass is 250 g/mol. The van der Waals surface area contributed by atoms with E-state index in [4.69, 9.17) is 15.2 Å². The summed E-state index contributed by atoms with van der Waals surface area (Å²) in [4.78, 5) is 22.6. The maximum absolute atomic E-state index is 11.5. The molecular weight excluding hydrogens is 236 g/mol. The molecule has 1 aromatic carbocycles. The van der Waals surface area contributed by atoms with Crippen molar-refractivity contribution in [1.29, 1.82) is 0 Å². The molecule has 0 spiro atoms. The summed E-state index contributed by atoms with van der Waals surface area (Å²) in [6.45, 7) is 0.911. The fourth-order valence-electron chi connectivity index (χ4n) is 1.53. The molecule has 1 fully saturated rings. The summed E-state index contributed by atoms with van der Waals surface area (Å²) in [6, 6.07) is 6.60. The molecule has 0 aliphatic carbocycles. The largest absolute Gasteiger partial charge is 0.483 e. The molecule has 0 unspecified atom stereocenters. The van der Waals surface area contributed by atoms with Crippen molar-refractivity contribution in [1.82, 2.24) is 5.32 Å². The van der Waals surface area contributed by atoms with E-state index < -0.39 is 5.91 Å². The fraction of sp³-hybridized carbons (Fsp3) is 0.333. The van der Waals surface area contributed by atoms with E-state index in [0.717, 1.165) is 0 Å². The molecule has 2 amide bonds. The zero-order valence-corrected chi connectivity index (χ0v) is 9.72. The van der Waals surface area contributed by atoms with Crippen LogP contribution in [0.5, 0.6) is 5.75 Å². The molecule has 6 heteroatoms. The third-order valence-corrected chi connectivity index (χ3v) is 2.51. The van der Waals surface area contributed by atoms with Crippen molar-refractivity contribution >= 4 is 11.8 Å². The van der Waals surface area contributed by atoms with Gasteiger partial charge in [0.25, 0.3) is 11.8 Å². The molecule has 6 nitrogen and oxygen atoms in total. The van der Waals surface area contributed by atoms with Gasteiger partial charge in [0.05, 0.1) is 24.8 Å². The normalized spacial score (nSPS) is 14.7. The summed E-state index contributed by atoms with van der Waals surface area (Å²) in [7, 11) is 0. The zero-order valence-electron chi connectivity index (χ0n) is 9.72. The van der Waals surface area contributed by atoms with Gasteiger partial charge in [-0.25, -0.2) is 0 Å². The van der Waals surface area contributed by atoms with E-state index >= 15 is 0 Å². The average Bonchev–Trinajstić information content (AvgIpc) is 2.31. The molecule has 1 aliphatic heterocycles. The van der Waals surface area contributed by atoms with Gasteiger partial charge in [-0.1, -0.05) is 12.1 Å². The van der Waals surface area contributed by atoms with Gasteiger partial charge in [-0.15, -0.1) is 0 Å². The predicted octanol–water partition coefficient (Wildman–Crippen LogP) is -0.321. The van der Waals surface area contributed by atoms with Crippen LogP contribution in [0.15, 0.2) is 24.3 Å². The zero-order chi connectivity index (χ0) is 13.0. The Bertz CT molecular complexity index is 457. The molecular formula is C12H14N2O4. The number of primary amides is 1. The van der Waals surface area contributed by atoms with Gasteiger partial charge in [-0.3, -0.25) is 9.59 Å². The Hall–Kier alpha value is -2.08. The van der Waals surface area contributed by atoms with Gasteiger partial charge in [-0.2, -0.15) is 0 Å². The number of ether oxygens (including phenoxy) is 2. The predicted molar refractivity (Wildman–Crippen MR) is 63.2 cm³/mol. The van der Waals surface area contributed by atoms with Gasteiger partial charge >= 0.3 is 0 Å². The van der Waals surface area contributed by atoms with E-state index in [1.165, 1.54) is 0 Å². The third kappa shape index (κ3) is 2.98. The Morgan fingerprint density at radius 3 is 2.72 bits per heavy atom. The van der Waals surface area contributed by atoms with Crippen LogP contribution in [0, 0.1) is 0 Å². The minimum Gasteiger partial charge on any atom is -0.483 e.